The second-order valence-corrected chi connectivity index (χ2v) is 4.04. The third kappa shape index (κ3) is 3.35. The Hall–Kier alpha value is -1.26. The highest BCUT2D eigenvalue weighted by Crippen LogP contribution is 2.33. The average molecular weight is 239 g/mol. The molecule has 1 atom stereocenters. The molecule has 4 nitrogen and oxygen atoms in total. The molecule has 0 aliphatic heterocycles. The van der Waals surface area contributed by atoms with Crippen LogP contribution in [0.2, 0.25) is 0 Å². The summed E-state index contributed by atoms with van der Waals surface area (Å²) in [6.45, 7) is 2.16. The van der Waals surface area contributed by atoms with Gasteiger partial charge in [-0.3, -0.25) is 0 Å². The summed E-state index contributed by atoms with van der Waals surface area (Å²) >= 11 is 0. The van der Waals surface area contributed by atoms with Crippen LogP contribution in [0.25, 0.3) is 0 Å². The SMILES string of the molecule is COc1cc(C)c(C(N)CCCO)cc1OC. The molecule has 1 unspecified atom stereocenters. The summed E-state index contributed by atoms with van der Waals surface area (Å²) in [4.78, 5) is 0. The number of aliphatic hydroxyl groups excluding tert-OH is 1. The van der Waals surface area contributed by atoms with Gasteiger partial charge in [-0.25, -0.2) is 0 Å². The molecule has 0 saturated heterocycles. The number of methoxy groups -OCH3 is 2. The van der Waals surface area contributed by atoms with Crippen LogP contribution in [0.4, 0.5) is 0 Å². The molecule has 0 bridgehead atoms. The second kappa shape index (κ2) is 6.47. The van der Waals surface area contributed by atoms with Crippen molar-refractivity contribution in [2.75, 3.05) is 20.8 Å². The molecule has 0 heterocycles. The van der Waals surface area contributed by atoms with Crippen molar-refractivity contribution < 1.29 is 14.6 Å². The van der Waals surface area contributed by atoms with Crippen molar-refractivity contribution in [2.45, 2.75) is 25.8 Å². The van der Waals surface area contributed by atoms with Gasteiger partial charge in [0.05, 0.1) is 14.2 Å². The molecule has 1 aromatic rings. The molecule has 17 heavy (non-hydrogen) atoms. The minimum Gasteiger partial charge on any atom is -0.493 e. The minimum absolute atomic E-state index is 0.0815. The molecule has 0 aliphatic rings. The van der Waals surface area contributed by atoms with Crippen LogP contribution in [0.1, 0.15) is 30.0 Å². The predicted molar refractivity (Wildman–Crippen MR) is 67.5 cm³/mol. The zero-order valence-corrected chi connectivity index (χ0v) is 10.7. The quantitative estimate of drug-likeness (QED) is 0.794. The van der Waals surface area contributed by atoms with Crippen molar-refractivity contribution >= 4 is 0 Å². The van der Waals surface area contributed by atoms with Gasteiger partial charge in [-0.05, 0) is 43.0 Å². The van der Waals surface area contributed by atoms with Crippen LogP contribution in [0.5, 0.6) is 11.5 Å². The van der Waals surface area contributed by atoms with Crippen molar-refractivity contribution in [2.24, 2.45) is 5.73 Å². The molecule has 0 radical (unpaired) electrons. The van der Waals surface area contributed by atoms with Crippen LogP contribution >= 0.6 is 0 Å². The number of benzene rings is 1. The smallest absolute Gasteiger partial charge is 0.161 e. The maximum atomic E-state index is 8.81. The molecule has 0 spiro atoms. The summed E-state index contributed by atoms with van der Waals surface area (Å²) in [5.41, 5.74) is 8.20. The molecule has 96 valence electrons. The number of rotatable bonds is 6. The zero-order valence-electron chi connectivity index (χ0n) is 10.7. The number of hydrogen-bond donors (Lipinski definition) is 2. The van der Waals surface area contributed by atoms with Gasteiger partial charge in [0.2, 0.25) is 0 Å². The predicted octanol–water partition coefficient (Wildman–Crippen LogP) is 1.78. The Morgan fingerprint density at radius 1 is 1.24 bits per heavy atom. The van der Waals surface area contributed by atoms with Gasteiger partial charge in [-0.1, -0.05) is 0 Å². The monoisotopic (exact) mass is 239 g/mol. The summed E-state index contributed by atoms with van der Waals surface area (Å²) in [5, 5.41) is 8.81. The standard InChI is InChI=1S/C13H21NO3/c1-9-7-12(16-2)13(17-3)8-10(9)11(14)5-4-6-15/h7-8,11,15H,4-6,14H2,1-3H3. The number of ether oxygens (including phenoxy) is 2. The Morgan fingerprint density at radius 2 is 1.82 bits per heavy atom. The van der Waals surface area contributed by atoms with Crippen LogP contribution in [0.3, 0.4) is 0 Å². The first-order valence-corrected chi connectivity index (χ1v) is 5.73. The summed E-state index contributed by atoms with van der Waals surface area (Å²) in [7, 11) is 3.22. The van der Waals surface area contributed by atoms with Gasteiger partial charge in [0.25, 0.3) is 0 Å². The van der Waals surface area contributed by atoms with Crippen LogP contribution < -0.4 is 15.2 Å². The Labute approximate surface area is 102 Å². The maximum Gasteiger partial charge on any atom is 0.161 e. The van der Waals surface area contributed by atoms with Crippen LogP contribution in [-0.4, -0.2) is 25.9 Å². The summed E-state index contributed by atoms with van der Waals surface area (Å²) in [6.07, 6.45) is 1.46. The van der Waals surface area contributed by atoms with E-state index >= 15 is 0 Å². The Kier molecular flexibility index (Phi) is 5.25. The van der Waals surface area contributed by atoms with Crippen molar-refractivity contribution in [3.63, 3.8) is 0 Å². The van der Waals surface area contributed by atoms with Crippen LogP contribution in [0.15, 0.2) is 12.1 Å². The molecular formula is C13H21NO3. The third-order valence-electron chi connectivity index (χ3n) is 2.84. The van der Waals surface area contributed by atoms with E-state index in [0.717, 1.165) is 17.5 Å². The molecule has 0 aromatic heterocycles. The van der Waals surface area contributed by atoms with E-state index in [1.165, 1.54) is 0 Å². The van der Waals surface area contributed by atoms with Crippen LogP contribution in [-0.2, 0) is 0 Å². The molecule has 0 aliphatic carbocycles. The van der Waals surface area contributed by atoms with Crippen LogP contribution in [0, 0.1) is 6.92 Å². The molecule has 1 rings (SSSR count). The van der Waals surface area contributed by atoms with E-state index in [1.54, 1.807) is 14.2 Å². The Bertz CT molecular complexity index is 366. The van der Waals surface area contributed by atoms with Gasteiger partial charge < -0.3 is 20.3 Å². The van der Waals surface area contributed by atoms with E-state index in [2.05, 4.69) is 0 Å². The fourth-order valence-electron chi connectivity index (χ4n) is 1.86. The van der Waals surface area contributed by atoms with Gasteiger partial charge in [0, 0.05) is 12.6 Å². The van der Waals surface area contributed by atoms with Crippen molar-refractivity contribution in [1.82, 2.24) is 0 Å². The van der Waals surface area contributed by atoms with E-state index in [1.807, 2.05) is 19.1 Å². The third-order valence-corrected chi connectivity index (χ3v) is 2.84. The number of aliphatic hydroxyl groups is 1. The molecular weight excluding hydrogens is 218 g/mol. The molecule has 3 N–H and O–H groups in total. The van der Waals surface area contributed by atoms with E-state index in [0.29, 0.717) is 17.9 Å². The largest absolute Gasteiger partial charge is 0.493 e. The van der Waals surface area contributed by atoms with Gasteiger partial charge in [-0.2, -0.15) is 0 Å². The van der Waals surface area contributed by atoms with Gasteiger partial charge in [0.15, 0.2) is 11.5 Å². The molecule has 0 amide bonds. The highest BCUT2D eigenvalue weighted by atomic mass is 16.5. The van der Waals surface area contributed by atoms with Gasteiger partial charge in [0.1, 0.15) is 0 Å². The fraction of sp³-hybridized carbons (Fsp3) is 0.538. The average Bonchev–Trinajstić information content (AvgIpc) is 2.35. The van der Waals surface area contributed by atoms with Crippen molar-refractivity contribution in [3.05, 3.63) is 23.3 Å². The van der Waals surface area contributed by atoms with E-state index in [9.17, 15) is 0 Å². The van der Waals surface area contributed by atoms with Gasteiger partial charge in [-0.15, -0.1) is 0 Å². The Morgan fingerprint density at radius 3 is 2.35 bits per heavy atom. The number of nitrogens with two attached hydrogens (primary N) is 1. The lowest BCUT2D eigenvalue weighted by atomic mass is 9.97. The molecule has 1 aromatic carbocycles. The van der Waals surface area contributed by atoms with E-state index in [-0.39, 0.29) is 12.6 Å². The van der Waals surface area contributed by atoms with E-state index < -0.39 is 0 Å². The van der Waals surface area contributed by atoms with E-state index in [4.69, 9.17) is 20.3 Å². The Balaban J connectivity index is 2.99. The lowest BCUT2D eigenvalue weighted by molar-refractivity contribution is 0.279. The molecule has 0 fully saturated rings. The first-order chi connectivity index (χ1) is 8.13. The number of hydrogen-bond acceptors (Lipinski definition) is 4. The highest BCUT2D eigenvalue weighted by Gasteiger charge is 2.13. The normalized spacial score (nSPS) is 12.3. The highest BCUT2D eigenvalue weighted by molar-refractivity contribution is 5.47. The zero-order chi connectivity index (χ0) is 12.8. The first-order valence-electron chi connectivity index (χ1n) is 5.73. The minimum atomic E-state index is -0.0815. The molecule has 0 saturated carbocycles. The number of aryl methyl sites for hydroxylation is 1. The first kappa shape index (κ1) is 13.8. The topological polar surface area (TPSA) is 64.7 Å². The molecule has 4 heteroatoms. The lowest BCUT2D eigenvalue weighted by Crippen LogP contribution is -2.12. The summed E-state index contributed by atoms with van der Waals surface area (Å²) in [5.74, 6) is 1.40. The fourth-order valence-corrected chi connectivity index (χ4v) is 1.86. The van der Waals surface area contributed by atoms with Crippen molar-refractivity contribution in [3.8, 4) is 11.5 Å². The van der Waals surface area contributed by atoms with Crippen molar-refractivity contribution in [1.29, 1.82) is 0 Å². The summed E-state index contributed by atoms with van der Waals surface area (Å²) < 4.78 is 10.5. The lowest BCUT2D eigenvalue weighted by Gasteiger charge is -2.17. The van der Waals surface area contributed by atoms with Gasteiger partial charge >= 0.3 is 0 Å². The second-order valence-electron chi connectivity index (χ2n) is 4.04. The maximum absolute atomic E-state index is 8.81. The summed E-state index contributed by atoms with van der Waals surface area (Å²) in [6, 6.07) is 3.75.